The Hall–Kier alpha value is -1.18. The predicted octanol–water partition coefficient (Wildman–Crippen LogP) is 3.66. The van der Waals surface area contributed by atoms with Gasteiger partial charge in [-0.1, -0.05) is 0 Å². The molecule has 2 heterocycles. The highest BCUT2D eigenvalue weighted by Crippen LogP contribution is 2.43. The van der Waals surface area contributed by atoms with Gasteiger partial charge in [-0.2, -0.15) is 0 Å². The highest BCUT2D eigenvalue weighted by molar-refractivity contribution is 7.97. The van der Waals surface area contributed by atoms with E-state index in [9.17, 15) is 14.6 Å². The Morgan fingerprint density at radius 1 is 1.05 bits per heavy atom. The third-order valence-electron chi connectivity index (χ3n) is 4.83. The fraction of sp³-hybridized carbons (Fsp3) is 0.600. The van der Waals surface area contributed by atoms with Gasteiger partial charge in [0.1, 0.15) is 0 Å². The van der Waals surface area contributed by atoms with E-state index < -0.39 is 0 Å². The van der Waals surface area contributed by atoms with Crippen molar-refractivity contribution in [2.45, 2.75) is 30.6 Å². The predicted molar refractivity (Wildman–Crippen MR) is 84.1 cm³/mol. The van der Waals surface area contributed by atoms with Crippen LogP contribution in [0.1, 0.15) is 25.7 Å². The first-order chi connectivity index (χ1) is 10.6. The van der Waals surface area contributed by atoms with Gasteiger partial charge in [-0.15, -0.1) is 9.60 Å². The molecule has 0 N–H and O–H groups in total. The fourth-order valence-electron chi connectivity index (χ4n) is 3.28. The molecule has 0 unspecified atom stereocenters. The molecule has 22 heavy (non-hydrogen) atoms. The van der Waals surface area contributed by atoms with E-state index in [0.29, 0.717) is 18.5 Å². The van der Waals surface area contributed by atoms with Crippen LogP contribution in [0, 0.1) is 15.5 Å². The molecular formula is C15H20FN3O2S. The van der Waals surface area contributed by atoms with Gasteiger partial charge in [-0.25, -0.2) is 4.31 Å². The second-order valence-electron chi connectivity index (χ2n) is 6.18. The minimum atomic E-state index is -0.379. The van der Waals surface area contributed by atoms with Crippen LogP contribution in [0.5, 0.6) is 0 Å². The topological polar surface area (TPSA) is 49.6 Å². The molecular weight excluding hydrogens is 305 g/mol. The summed E-state index contributed by atoms with van der Waals surface area (Å²) < 4.78 is 15.5. The van der Waals surface area contributed by atoms with Gasteiger partial charge in [0.05, 0.1) is 4.92 Å². The summed E-state index contributed by atoms with van der Waals surface area (Å²) >= 11 is 1.66. The lowest BCUT2D eigenvalue weighted by Gasteiger charge is -2.44. The number of halogens is 1. The maximum Gasteiger partial charge on any atom is 0.269 e. The third kappa shape index (κ3) is 3.59. The standard InChI is InChI=1S/C15H20FN3O2S/c16-17-9-5-15(6-10-17)7-11-18(12-8-15)22-14-3-1-13(2-4-14)19(20)21/h1-4H,5-12H2. The van der Waals surface area contributed by atoms with Crippen LogP contribution in [0.15, 0.2) is 29.2 Å². The van der Waals surface area contributed by atoms with Crippen LogP contribution < -0.4 is 0 Å². The van der Waals surface area contributed by atoms with Gasteiger partial charge in [0, 0.05) is 43.2 Å². The molecule has 2 aliphatic heterocycles. The minimum absolute atomic E-state index is 0.125. The molecule has 0 bridgehead atoms. The first kappa shape index (κ1) is 15.7. The van der Waals surface area contributed by atoms with Crippen LogP contribution in [0.2, 0.25) is 0 Å². The Labute approximate surface area is 133 Å². The van der Waals surface area contributed by atoms with Gasteiger partial charge in [0.15, 0.2) is 0 Å². The molecule has 2 fully saturated rings. The molecule has 0 aromatic heterocycles. The zero-order valence-electron chi connectivity index (χ0n) is 12.4. The summed E-state index contributed by atoms with van der Waals surface area (Å²) in [5, 5.41) is 11.6. The average Bonchev–Trinajstić information content (AvgIpc) is 2.53. The summed E-state index contributed by atoms with van der Waals surface area (Å²) in [7, 11) is 0. The van der Waals surface area contributed by atoms with Crippen LogP contribution in [-0.2, 0) is 0 Å². The number of hydrogen-bond donors (Lipinski definition) is 0. The number of non-ortho nitro benzene ring substituents is 1. The largest absolute Gasteiger partial charge is 0.269 e. The number of nitrogens with zero attached hydrogens (tertiary/aromatic N) is 3. The second-order valence-corrected chi connectivity index (χ2v) is 7.35. The van der Waals surface area contributed by atoms with Crippen molar-refractivity contribution >= 4 is 17.6 Å². The van der Waals surface area contributed by atoms with Crippen LogP contribution in [0.25, 0.3) is 0 Å². The summed E-state index contributed by atoms with van der Waals surface area (Å²) in [6.45, 7) is 3.12. The molecule has 0 radical (unpaired) electrons. The van der Waals surface area contributed by atoms with E-state index in [1.54, 1.807) is 36.2 Å². The first-order valence-electron chi connectivity index (χ1n) is 7.64. The minimum Gasteiger partial charge on any atom is -0.258 e. The van der Waals surface area contributed by atoms with Crippen LogP contribution in [-0.4, -0.2) is 40.5 Å². The van der Waals surface area contributed by atoms with Crippen molar-refractivity contribution in [2.75, 3.05) is 26.2 Å². The second kappa shape index (κ2) is 6.52. The summed E-state index contributed by atoms with van der Waals surface area (Å²) in [6.07, 6.45) is 4.14. The Morgan fingerprint density at radius 2 is 1.59 bits per heavy atom. The zero-order chi connectivity index (χ0) is 15.6. The molecule has 1 aromatic carbocycles. The number of nitro benzene ring substituents is 1. The molecule has 1 aromatic rings. The van der Waals surface area contributed by atoms with Gasteiger partial charge in [0.2, 0.25) is 0 Å². The van der Waals surface area contributed by atoms with E-state index in [4.69, 9.17) is 0 Å². The fourth-order valence-corrected chi connectivity index (χ4v) is 4.20. The number of rotatable bonds is 3. The van der Waals surface area contributed by atoms with Crippen LogP contribution in [0.3, 0.4) is 0 Å². The summed E-state index contributed by atoms with van der Waals surface area (Å²) in [5.74, 6) is 0. The van der Waals surface area contributed by atoms with Crippen molar-refractivity contribution < 1.29 is 9.40 Å². The molecule has 120 valence electrons. The van der Waals surface area contributed by atoms with Crippen molar-refractivity contribution in [2.24, 2.45) is 5.41 Å². The molecule has 0 aliphatic carbocycles. The van der Waals surface area contributed by atoms with Crippen molar-refractivity contribution in [3.05, 3.63) is 34.4 Å². The molecule has 5 nitrogen and oxygen atoms in total. The molecule has 0 amide bonds. The molecule has 0 saturated carbocycles. The Kier molecular flexibility index (Phi) is 4.65. The number of benzene rings is 1. The maximum atomic E-state index is 13.1. The Morgan fingerprint density at radius 3 is 2.14 bits per heavy atom. The molecule has 3 rings (SSSR count). The van der Waals surface area contributed by atoms with Crippen LogP contribution in [0.4, 0.5) is 10.2 Å². The number of hydrogen-bond acceptors (Lipinski definition) is 5. The van der Waals surface area contributed by atoms with Crippen molar-refractivity contribution in [1.29, 1.82) is 0 Å². The van der Waals surface area contributed by atoms with Crippen molar-refractivity contribution in [3.63, 3.8) is 0 Å². The van der Waals surface area contributed by atoms with Crippen molar-refractivity contribution in [1.82, 2.24) is 9.43 Å². The lowest BCUT2D eigenvalue weighted by molar-refractivity contribution is -0.384. The normalized spacial score (nSPS) is 22.8. The quantitative estimate of drug-likeness (QED) is 0.367. The zero-order valence-corrected chi connectivity index (χ0v) is 13.2. The van der Waals surface area contributed by atoms with Gasteiger partial charge >= 0.3 is 0 Å². The van der Waals surface area contributed by atoms with Gasteiger partial charge in [-0.05, 0) is 55.2 Å². The van der Waals surface area contributed by atoms with E-state index in [1.807, 2.05) is 0 Å². The van der Waals surface area contributed by atoms with E-state index in [2.05, 4.69) is 4.31 Å². The monoisotopic (exact) mass is 325 g/mol. The van der Waals surface area contributed by atoms with E-state index in [1.165, 1.54) is 0 Å². The maximum absolute atomic E-state index is 13.1. The number of nitro groups is 1. The molecule has 2 aliphatic rings. The molecule has 7 heteroatoms. The SMILES string of the molecule is O=[N+]([O-])c1ccc(SN2CCC3(CCN(F)CC3)CC2)cc1. The van der Waals surface area contributed by atoms with E-state index >= 15 is 0 Å². The van der Waals surface area contributed by atoms with Crippen molar-refractivity contribution in [3.8, 4) is 0 Å². The highest BCUT2D eigenvalue weighted by atomic mass is 32.2. The van der Waals surface area contributed by atoms with Gasteiger partial charge < -0.3 is 0 Å². The van der Waals surface area contributed by atoms with Crippen LogP contribution >= 0.6 is 11.9 Å². The first-order valence-corrected chi connectivity index (χ1v) is 8.42. The molecule has 2 saturated heterocycles. The lowest BCUT2D eigenvalue weighted by atomic mass is 9.72. The average molecular weight is 325 g/mol. The third-order valence-corrected chi connectivity index (χ3v) is 5.94. The smallest absolute Gasteiger partial charge is 0.258 e. The summed E-state index contributed by atoms with van der Waals surface area (Å²) in [5.41, 5.74) is 0.453. The highest BCUT2D eigenvalue weighted by Gasteiger charge is 2.37. The van der Waals surface area contributed by atoms with E-state index in [0.717, 1.165) is 48.8 Å². The van der Waals surface area contributed by atoms with E-state index in [-0.39, 0.29) is 10.6 Å². The summed E-state index contributed by atoms with van der Waals surface area (Å²) in [6, 6.07) is 6.69. The summed E-state index contributed by atoms with van der Waals surface area (Å²) in [4.78, 5) is 11.3. The molecule has 1 spiro atoms. The van der Waals surface area contributed by atoms with Gasteiger partial charge in [-0.3, -0.25) is 10.1 Å². The number of piperidine rings is 2. The van der Waals surface area contributed by atoms with Gasteiger partial charge in [0.25, 0.3) is 5.69 Å². The molecule has 0 atom stereocenters. The Balaban J connectivity index is 1.52. The lowest BCUT2D eigenvalue weighted by Crippen LogP contribution is -2.43. The Bertz CT molecular complexity index is 522.